The Hall–Kier alpha value is -1.37. The normalized spacial score (nSPS) is 10.4. The number of carbonyl (C=O) groups excluding carboxylic acids is 1. The number of halogens is 2. The van der Waals surface area contributed by atoms with Crippen molar-refractivity contribution in [1.82, 2.24) is 5.32 Å². The van der Waals surface area contributed by atoms with Gasteiger partial charge in [-0.1, -0.05) is 37.0 Å². The van der Waals surface area contributed by atoms with Crippen molar-refractivity contribution >= 4 is 58.1 Å². The van der Waals surface area contributed by atoms with E-state index in [1.165, 1.54) is 12.1 Å². The molecule has 0 aromatic heterocycles. The maximum Gasteiger partial charge on any atom is 0.337 e. The van der Waals surface area contributed by atoms with Crippen LogP contribution < -0.4 is 10.6 Å². The zero-order chi connectivity index (χ0) is 16.9. The van der Waals surface area contributed by atoms with Gasteiger partial charge >= 0.3 is 5.97 Å². The molecule has 1 aromatic rings. The smallest absolute Gasteiger partial charge is 0.337 e. The maximum atomic E-state index is 11.7. The molecule has 0 heterocycles. The third-order valence-corrected chi connectivity index (χ3v) is 3.57. The topological polar surface area (TPSA) is 78.4 Å². The number of hydrogen-bond acceptors (Lipinski definition) is 3. The number of benzene rings is 1. The Bertz CT molecular complexity index is 606. The van der Waals surface area contributed by atoms with Crippen molar-refractivity contribution in [2.24, 2.45) is 5.92 Å². The summed E-state index contributed by atoms with van der Waals surface area (Å²) in [5.74, 6) is -0.984. The molecule has 1 amide bonds. The number of carboxylic acids is 1. The van der Waals surface area contributed by atoms with Crippen molar-refractivity contribution in [2.75, 3.05) is 5.32 Å². The number of thiocarbonyl (C=S) groups is 1. The molecule has 0 bridgehead atoms. The van der Waals surface area contributed by atoms with Gasteiger partial charge in [0.2, 0.25) is 5.91 Å². The summed E-state index contributed by atoms with van der Waals surface area (Å²) in [6.45, 7) is 4.04. The van der Waals surface area contributed by atoms with E-state index in [0.29, 0.717) is 12.3 Å². The van der Waals surface area contributed by atoms with Crippen LogP contribution in [0.25, 0.3) is 0 Å². The van der Waals surface area contributed by atoms with Gasteiger partial charge in [0.15, 0.2) is 5.11 Å². The van der Waals surface area contributed by atoms with Gasteiger partial charge in [-0.2, -0.15) is 0 Å². The first-order valence-electron chi connectivity index (χ1n) is 6.54. The molecule has 1 aromatic carbocycles. The average molecular weight is 363 g/mol. The van der Waals surface area contributed by atoms with E-state index >= 15 is 0 Å². The molecule has 0 atom stereocenters. The molecule has 8 heteroatoms. The van der Waals surface area contributed by atoms with Crippen molar-refractivity contribution in [3.8, 4) is 0 Å². The van der Waals surface area contributed by atoms with E-state index < -0.39 is 5.97 Å². The summed E-state index contributed by atoms with van der Waals surface area (Å²) in [5.41, 5.74) is 0.153. The number of aromatic carboxylic acids is 1. The lowest BCUT2D eigenvalue weighted by atomic mass is 10.1. The van der Waals surface area contributed by atoms with Crippen LogP contribution in [0.3, 0.4) is 0 Å². The maximum absolute atomic E-state index is 11.7. The molecule has 0 saturated carbocycles. The number of carbonyl (C=O) groups is 2. The third kappa shape index (κ3) is 5.79. The van der Waals surface area contributed by atoms with Crippen molar-refractivity contribution in [3.63, 3.8) is 0 Å². The van der Waals surface area contributed by atoms with Crippen LogP contribution in [0.15, 0.2) is 12.1 Å². The standard InChI is InChI=1S/C14H16Cl2N2O3S/c1-7(2)3-4-12(19)18-14(22)17-11-5-8(13(20)21)9(15)6-10(11)16/h5-7H,3-4H2,1-2H3,(H,20,21)(H2,17,18,19,22). The molecule has 0 aliphatic carbocycles. The van der Waals surface area contributed by atoms with Crippen LogP contribution >= 0.6 is 35.4 Å². The van der Waals surface area contributed by atoms with Crippen molar-refractivity contribution in [2.45, 2.75) is 26.7 Å². The van der Waals surface area contributed by atoms with Gasteiger partial charge in [-0.15, -0.1) is 0 Å². The highest BCUT2D eigenvalue weighted by atomic mass is 35.5. The Morgan fingerprint density at radius 1 is 1.27 bits per heavy atom. The fraction of sp³-hybridized carbons (Fsp3) is 0.357. The number of nitrogens with one attached hydrogen (secondary N) is 2. The molecular formula is C14H16Cl2N2O3S. The number of rotatable bonds is 5. The molecule has 0 saturated heterocycles. The van der Waals surface area contributed by atoms with Gasteiger partial charge in [0, 0.05) is 6.42 Å². The van der Waals surface area contributed by atoms with Crippen molar-refractivity contribution in [3.05, 3.63) is 27.7 Å². The summed E-state index contributed by atoms with van der Waals surface area (Å²) in [7, 11) is 0. The van der Waals surface area contributed by atoms with E-state index in [0.717, 1.165) is 6.42 Å². The quantitative estimate of drug-likeness (QED) is 0.691. The molecule has 1 rings (SSSR count). The van der Waals surface area contributed by atoms with Crippen LogP contribution in [-0.2, 0) is 4.79 Å². The van der Waals surface area contributed by atoms with Crippen LogP contribution in [-0.4, -0.2) is 22.1 Å². The summed E-state index contributed by atoms with van der Waals surface area (Å²) < 4.78 is 0. The molecule has 0 unspecified atom stereocenters. The highest BCUT2D eigenvalue weighted by Gasteiger charge is 2.14. The van der Waals surface area contributed by atoms with Gasteiger partial charge in [0.1, 0.15) is 0 Å². The molecule has 120 valence electrons. The van der Waals surface area contributed by atoms with Crippen LogP contribution in [0.2, 0.25) is 10.0 Å². The highest BCUT2D eigenvalue weighted by molar-refractivity contribution is 7.80. The molecule has 0 radical (unpaired) electrons. The summed E-state index contributed by atoms with van der Waals surface area (Å²) in [4.78, 5) is 22.7. The first-order valence-corrected chi connectivity index (χ1v) is 7.70. The monoisotopic (exact) mass is 362 g/mol. The van der Waals surface area contributed by atoms with E-state index in [-0.39, 0.29) is 32.3 Å². The van der Waals surface area contributed by atoms with E-state index in [9.17, 15) is 9.59 Å². The Morgan fingerprint density at radius 3 is 2.45 bits per heavy atom. The number of hydrogen-bond donors (Lipinski definition) is 3. The molecule has 0 fully saturated rings. The van der Waals surface area contributed by atoms with Crippen LogP contribution in [0.5, 0.6) is 0 Å². The van der Waals surface area contributed by atoms with Crippen molar-refractivity contribution < 1.29 is 14.7 Å². The van der Waals surface area contributed by atoms with Crippen LogP contribution in [0, 0.1) is 5.92 Å². The van der Waals surface area contributed by atoms with E-state index in [4.69, 9.17) is 40.5 Å². The van der Waals surface area contributed by atoms with Gasteiger partial charge in [0.25, 0.3) is 0 Å². The highest BCUT2D eigenvalue weighted by Crippen LogP contribution is 2.29. The predicted octanol–water partition coefficient (Wildman–Crippen LogP) is 3.94. The van der Waals surface area contributed by atoms with Gasteiger partial charge in [0.05, 0.1) is 21.3 Å². The van der Waals surface area contributed by atoms with Gasteiger partial charge in [-0.05, 0) is 36.7 Å². The number of carboxylic acid groups (broad SMARTS) is 1. The Morgan fingerprint density at radius 2 is 1.91 bits per heavy atom. The van der Waals surface area contributed by atoms with E-state index in [2.05, 4.69) is 10.6 Å². The zero-order valence-corrected chi connectivity index (χ0v) is 14.4. The summed E-state index contributed by atoms with van der Waals surface area (Å²) in [6.07, 6.45) is 1.10. The van der Waals surface area contributed by atoms with Crippen molar-refractivity contribution in [1.29, 1.82) is 0 Å². The predicted molar refractivity (Wildman–Crippen MR) is 91.9 cm³/mol. The minimum atomic E-state index is -1.18. The first kappa shape index (κ1) is 18.7. The lowest BCUT2D eigenvalue weighted by molar-refractivity contribution is -0.119. The molecule has 5 nitrogen and oxygen atoms in total. The molecule has 0 aliphatic heterocycles. The SMILES string of the molecule is CC(C)CCC(=O)NC(=S)Nc1cc(C(=O)O)c(Cl)cc1Cl. The Kier molecular flexibility index (Phi) is 7.06. The minimum Gasteiger partial charge on any atom is -0.478 e. The summed E-state index contributed by atoms with van der Waals surface area (Å²) in [6, 6.07) is 2.57. The lowest BCUT2D eigenvalue weighted by Crippen LogP contribution is -2.34. The zero-order valence-electron chi connectivity index (χ0n) is 12.1. The van der Waals surface area contributed by atoms with Gasteiger partial charge in [-0.25, -0.2) is 4.79 Å². The Balaban J connectivity index is 2.74. The molecular weight excluding hydrogens is 347 g/mol. The molecule has 0 aliphatic rings. The van der Waals surface area contributed by atoms with E-state index in [1.54, 1.807) is 0 Å². The second kappa shape index (κ2) is 8.31. The molecule has 0 spiro atoms. The van der Waals surface area contributed by atoms with Gasteiger partial charge < -0.3 is 15.7 Å². The fourth-order valence-electron chi connectivity index (χ4n) is 1.57. The number of anilines is 1. The Labute approximate surface area is 144 Å². The van der Waals surface area contributed by atoms with E-state index in [1.807, 2.05) is 13.8 Å². The fourth-order valence-corrected chi connectivity index (χ4v) is 2.31. The minimum absolute atomic E-state index is 0.0231. The second-order valence-corrected chi connectivity index (χ2v) is 6.27. The first-order chi connectivity index (χ1) is 10.2. The van der Waals surface area contributed by atoms with Crippen LogP contribution in [0.1, 0.15) is 37.0 Å². The lowest BCUT2D eigenvalue weighted by Gasteiger charge is -2.12. The number of amides is 1. The average Bonchev–Trinajstić information content (AvgIpc) is 2.39. The molecule has 22 heavy (non-hydrogen) atoms. The van der Waals surface area contributed by atoms with Gasteiger partial charge in [-0.3, -0.25) is 4.79 Å². The summed E-state index contributed by atoms with van der Waals surface area (Å²) in [5, 5.41) is 14.5. The summed E-state index contributed by atoms with van der Waals surface area (Å²) >= 11 is 16.8. The third-order valence-electron chi connectivity index (χ3n) is 2.74. The molecule has 3 N–H and O–H groups in total. The second-order valence-electron chi connectivity index (χ2n) is 5.05. The van der Waals surface area contributed by atoms with Crippen LogP contribution in [0.4, 0.5) is 5.69 Å². The largest absolute Gasteiger partial charge is 0.478 e.